The molecule has 0 fully saturated rings. The van der Waals surface area contributed by atoms with Crippen LogP contribution in [-0.2, 0) is 10.2 Å². The van der Waals surface area contributed by atoms with Crippen LogP contribution in [0.2, 0.25) is 0 Å². The summed E-state index contributed by atoms with van der Waals surface area (Å²) in [5, 5.41) is 10.9. The Morgan fingerprint density at radius 2 is 1.56 bits per heavy atom. The number of rotatable bonds is 4. The molecule has 3 aromatic rings. The third-order valence-corrected chi connectivity index (χ3v) is 6.28. The SMILES string of the molecule is CC1(c2ccccc2)CC(C)(C)N(C(=O)/C=C/c2ccc([N+](=O)[O-])cc2)c2ccccc21. The minimum Gasteiger partial charge on any atom is -0.303 e. The summed E-state index contributed by atoms with van der Waals surface area (Å²) < 4.78 is 0. The number of benzene rings is 3. The Morgan fingerprint density at radius 3 is 2.22 bits per heavy atom. The highest BCUT2D eigenvalue weighted by Gasteiger charge is 2.47. The molecule has 0 N–H and O–H groups in total. The Hall–Kier alpha value is -3.73. The third kappa shape index (κ3) is 3.82. The first kappa shape index (κ1) is 21.5. The van der Waals surface area contributed by atoms with Gasteiger partial charge in [0, 0.05) is 34.9 Å². The predicted molar refractivity (Wildman–Crippen MR) is 128 cm³/mol. The summed E-state index contributed by atoms with van der Waals surface area (Å²) in [6.45, 7) is 6.45. The Labute approximate surface area is 188 Å². The summed E-state index contributed by atoms with van der Waals surface area (Å²) in [6.07, 6.45) is 4.03. The molecule has 0 saturated carbocycles. The van der Waals surface area contributed by atoms with Gasteiger partial charge < -0.3 is 4.90 Å². The highest BCUT2D eigenvalue weighted by atomic mass is 16.6. The van der Waals surface area contributed by atoms with Crippen molar-refractivity contribution in [2.45, 2.75) is 38.1 Å². The van der Waals surface area contributed by atoms with Crippen LogP contribution >= 0.6 is 0 Å². The van der Waals surface area contributed by atoms with Crippen LogP contribution < -0.4 is 4.90 Å². The molecule has 1 aliphatic heterocycles. The van der Waals surface area contributed by atoms with Gasteiger partial charge in [-0.25, -0.2) is 0 Å². The van der Waals surface area contributed by atoms with Gasteiger partial charge in [-0.2, -0.15) is 0 Å². The number of fused-ring (bicyclic) bond motifs is 1. The van der Waals surface area contributed by atoms with Crippen molar-refractivity contribution in [3.05, 3.63) is 112 Å². The van der Waals surface area contributed by atoms with E-state index in [1.165, 1.54) is 17.7 Å². The lowest BCUT2D eigenvalue weighted by atomic mass is 9.65. The molecule has 32 heavy (non-hydrogen) atoms. The van der Waals surface area contributed by atoms with Gasteiger partial charge in [-0.1, -0.05) is 55.5 Å². The zero-order valence-corrected chi connectivity index (χ0v) is 18.5. The van der Waals surface area contributed by atoms with E-state index in [0.717, 1.165) is 23.2 Å². The number of carbonyl (C=O) groups excluding carboxylic acids is 1. The number of non-ortho nitro benzene ring substituents is 1. The summed E-state index contributed by atoms with van der Waals surface area (Å²) in [4.78, 5) is 25.7. The molecule has 5 heteroatoms. The van der Waals surface area contributed by atoms with E-state index in [2.05, 4.69) is 51.1 Å². The number of carbonyl (C=O) groups is 1. The molecule has 1 unspecified atom stereocenters. The second-order valence-corrected chi connectivity index (χ2v) is 9.06. The van der Waals surface area contributed by atoms with Gasteiger partial charge in [0.05, 0.1) is 4.92 Å². The van der Waals surface area contributed by atoms with Gasteiger partial charge in [-0.05, 0) is 61.2 Å². The van der Waals surface area contributed by atoms with E-state index in [1.54, 1.807) is 24.3 Å². The van der Waals surface area contributed by atoms with Gasteiger partial charge in [0.1, 0.15) is 0 Å². The number of hydrogen-bond acceptors (Lipinski definition) is 3. The van der Waals surface area contributed by atoms with Crippen molar-refractivity contribution in [1.82, 2.24) is 0 Å². The molecule has 0 aliphatic carbocycles. The van der Waals surface area contributed by atoms with Crippen LogP contribution in [0.25, 0.3) is 6.08 Å². The van der Waals surface area contributed by atoms with E-state index >= 15 is 0 Å². The van der Waals surface area contributed by atoms with Crippen molar-refractivity contribution in [2.24, 2.45) is 0 Å². The van der Waals surface area contributed by atoms with Gasteiger partial charge in [0.15, 0.2) is 0 Å². The van der Waals surface area contributed by atoms with E-state index in [1.807, 2.05) is 29.2 Å². The summed E-state index contributed by atoms with van der Waals surface area (Å²) in [7, 11) is 0. The highest BCUT2D eigenvalue weighted by molar-refractivity contribution is 6.06. The molecular formula is C27H26N2O3. The van der Waals surface area contributed by atoms with E-state index in [0.29, 0.717) is 0 Å². The first-order chi connectivity index (χ1) is 15.2. The average molecular weight is 427 g/mol. The van der Waals surface area contributed by atoms with Crippen LogP contribution in [0, 0.1) is 10.1 Å². The fourth-order valence-corrected chi connectivity index (χ4v) is 4.93. The van der Waals surface area contributed by atoms with Crippen molar-refractivity contribution < 1.29 is 9.72 Å². The topological polar surface area (TPSA) is 63.5 Å². The van der Waals surface area contributed by atoms with Crippen LogP contribution in [0.5, 0.6) is 0 Å². The molecule has 0 bridgehead atoms. The smallest absolute Gasteiger partial charge is 0.269 e. The molecule has 0 spiro atoms. The molecule has 4 rings (SSSR count). The fraction of sp³-hybridized carbons (Fsp3) is 0.222. The van der Waals surface area contributed by atoms with E-state index < -0.39 is 10.5 Å². The van der Waals surface area contributed by atoms with E-state index in [4.69, 9.17) is 0 Å². The average Bonchev–Trinajstić information content (AvgIpc) is 2.78. The van der Waals surface area contributed by atoms with Crippen molar-refractivity contribution in [3.63, 3.8) is 0 Å². The van der Waals surface area contributed by atoms with Crippen LogP contribution in [0.15, 0.2) is 84.9 Å². The Morgan fingerprint density at radius 1 is 0.938 bits per heavy atom. The molecule has 0 radical (unpaired) electrons. The Bertz CT molecular complexity index is 1180. The Balaban J connectivity index is 1.71. The molecular weight excluding hydrogens is 400 g/mol. The largest absolute Gasteiger partial charge is 0.303 e. The number of para-hydroxylation sites is 1. The maximum Gasteiger partial charge on any atom is 0.269 e. The molecule has 1 heterocycles. The lowest BCUT2D eigenvalue weighted by molar-refractivity contribution is -0.384. The van der Waals surface area contributed by atoms with Crippen molar-refractivity contribution in [3.8, 4) is 0 Å². The quantitative estimate of drug-likeness (QED) is 0.286. The second-order valence-electron chi connectivity index (χ2n) is 9.06. The van der Waals surface area contributed by atoms with Crippen LogP contribution in [-0.4, -0.2) is 16.4 Å². The second kappa shape index (κ2) is 8.08. The van der Waals surface area contributed by atoms with E-state index in [-0.39, 0.29) is 17.0 Å². The summed E-state index contributed by atoms with van der Waals surface area (Å²) in [5.74, 6) is -0.115. The molecule has 0 aromatic heterocycles. The van der Waals surface area contributed by atoms with Gasteiger partial charge >= 0.3 is 0 Å². The molecule has 0 saturated heterocycles. The maximum absolute atomic E-state index is 13.4. The number of nitro groups is 1. The number of nitrogens with zero attached hydrogens (tertiary/aromatic N) is 2. The fourth-order valence-electron chi connectivity index (χ4n) is 4.93. The van der Waals surface area contributed by atoms with Crippen molar-refractivity contribution in [1.29, 1.82) is 0 Å². The lowest BCUT2D eigenvalue weighted by Gasteiger charge is -2.51. The first-order valence-corrected chi connectivity index (χ1v) is 10.6. The van der Waals surface area contributed by atoms with Gasteiger partial charge in [0.25, 0.3) is 11.6 Å². The zero-order valence-electron chi connectivity index (χ0n) is 18.5. The maximum atomic E-state index is 13.4. The predicted octanol–water partition coefficient (Wildman–Crippen LogP) is 6.13. The van der Waals surface area contributed by atoms with Crippen molar-refractivity contribution >= 4 is 23.4 Å². The van der Waals surface area contributed by atoms with Crippen molar-refractivity contribution in [2.75, 3.05) is 4.90 Å². The minimum absolute atomic E-state index is 0.0276. The molecule has 1 aliphatic rings. The third-order valence-electron chi connectivity index (χ3n) is 6.28. The molecule has 5 nitrogen and oxygen atoms in total. The summed E-state index contributed by atoms with van der Waals surface area (Å²) >= 11 is 0. The van der Waals surface area contributed by atoms with Gasteiger partial charge in [0.2, 0.25) is 0 Å². The molecule has 1 atom stereocenters. The number of amides is 1. The van der Waals surface area contributed by atoms with Crippen LogP contribution in [0.1, 0.15) is 43.9 Å². The molecule has 1 amide bonds. The van der Waals surface area contributed by atoms with Crippen LogP contribution in [0.3, 0.4) is 0 Å². The summed E-state index contributed by atoms with van der Waals surface area (Å²) in [6, 6.07) is 24.7. The number of anilines is 1. The zero-order chi connectivity index (χ0) is 22.9. The van der Waals surface area contributed by atoms with E-state index in [9.17, 15) is 14.9 Å². The molecule has 162 valence electrons. The summed E-state index contributed by atoms with van der Waals surface area (Å²) in [5.41, 5.74) is 3.39. The Kier molecular flexibility index (Phi) is 5.43. The standard InChI is InChI=1S/C27H26N2O3/c1-26(2)19-27(3,21-9-5-4-6-10-21)23-11-7-8-12-24(23)28(26)25(30)18-15-20-13-16-22(17-14-20)29(31)32/h4-18H,19H2,1-3H3/b18-15+. The highest BCUT2D eigenvalue weighted by Crippen LogP contribution is 2.50. The minimum atomic E-state index is -0.435. The number of nitro benzene ring substituents is 1. The monoisotopic (exact) mass is 426 g/mol. The first-order valence-electron chi connectivity index (χ1n) is 10.6. The van der Waals surface area contributed by atoms with Crippen LogP contribution in [0.4, 0.5) is 11.4 Å². The normalized spacial score (nSPS) is 19.5. The van der Waals surface area contributed by atoms with Gasteiger partial charge in [-0.3, -0.25) is 14.9 Å². The lowest BCUT2D eigenvalue weighted by Crippen LogP contribution is -2.55. The van der Waals surface area contributed by atoms with Gasteiger partial charge in [-0.15, -0.1) is 0 Å². The molecule has 3 aromatic carbocycles. The number of hydrogen-bond donors (Lipinski definition) is 0.